The van der Waals surface area contributed by atoms with E-state index in [1.54, 1.807) is 0 Å². The minimum absolute atomic E-state index is 0.655. The summed E-state index contributed by atoms with van der Waals surface area (Å²) in [6, 6.07) is 4.01. The maximum absolute atomic E-state index is 5.87. The third-order valence-electron chi connectivity index (χ3n) is 2.49. The second-order valence-corrected chi connectivity index (χ2v) is 3.48. The number of nitrogens with two attached hydrogens (primary N) is 1. The van der Waals surface area contributed by atoms with Gasteiger partial charge in [-0.1, -0.05) is 6.07 Å². The molecule has 1 heterocycles. The van der Waals surface area contributed by atoms with E-state index in [0.29, 0.717) is 6.61 Å². The van der Waals surface area contributed by atoms with Crippen molar-refractivity contribution in [3.05, 3.63) is 17.7 Å². The Hall–Kier alpha value is -1.38. The zero-order chi connectivity index (χ0) is 9.97. The molecule has 0 saturated heterocycles. The van der Waals surface area contributed by atoms with Crippen LogP contribution >= 0.6 is 0 Å². The van der Waals surface area contributed by atoms with Gasteiger partial charge in [-0.05, 0) is 31.4 Å². The van der Waals surface area contributed by atoms with Crippen LogP contribution in [-0.4, -0.2) is 13.2 Å². The van der Waals surface area contributed by atoms with Gasteiger partial charge in [0.05, 0.1) is 18.0 Å². The molecule has 1 aromatic rings. The van der Waals surface area contributed by atoms with Gasteiger partial charge in [0.25, 0.3) is 0 Å². The molecule has 0 aromatic heterocycles. The number of fused-ring (bicyclic) bond motifs is 1. The average Bonchev–Trinajstić information content (AvgIpc) is 2.23. The summed E-state index contributed by atoms with van der Waals surface area (Å²) in [5, 5.41) is 3.35. The minimum atomic E-state index is 0.655. The van der Waals surface area contributed by atoms with Crippen molar-refractivity contribution in [3.8, 4) is 5.75 Å². The molecule has 3 N–H and O–H groups in total. The van der Waals surface area contributed by atoms with Crippen LogP contribution in [0.25, 0.3) is 0 Å². The van der Waals surface area contributed by atoms with E-state index in [1.807, 2.05) is 13.0 Å². The fourth-order valence-electron chi connectivity index (χ4n) is 1.83. The third-order valence-corrected chi connectivity index (χ3v) is 2.49. The molecule has 3 heteroatoms. The lowest BCUT2D eigenvalue weighted by molar-refractivity contribution is 0.343. The Morgan fingerprint density at radius 2 is 2.36 bits per heavy atom. The number of hydrogen-bond donors (Lipinski definition) is 2. The Morgan fingerprint density at radius 3 is 3.14 bits per heavy atom. The van der Waals surface area contributed by atoms with Gasteiger partial charge in [-0.25, -0.2) is 0 Å². The SMILES string of the molecule is CCOc1c(N)ccc2c1NCCC2. The zero-order valence-corrected chi connectivity index (χ0v) is 8.47. The lowest BCUT2D eigenvalue weighted by Gasteiger charge is -2.22. The van der Waals surface area contributed by atoms with E-state index in [9.17, 15) is 0 Å². The van der Waals surface area contributed by atoms with Crippen molar-refractivity contribution >= 4 is 11.4 Å². The van der Waals surface area contributed by atoms with Crippen LogP contribution < -0.4 is 15.8 Å². The standard InChI is InChI=1S/C11H16N2O/c1-2-14-11-9(12)6-5-8-4-3-7-13-10(8)11/h5-6,13H,2-4,7,12H2,1H3. The highest BCUT2D eigenvalue weighted by Crippen LogP contribution is 2.37. The van der Waals surface area contributed by atoms with Crippen LogP contribution in [0.5, 0.6) is 5.75 Å². The van der Waals surface area contributed by atoms with Crippen LogP contribution in [0, 0.1) is 0 Å². The highest BCUT2D eigenvalue weighted by molar-refractivity contribution is 5.73. The van der Waals surface area contributed by atoms with E-state index in [4.69, 9.17) is 10.5 Å². The lowest BCUT2D eigenvalue weighted by Crippen LogP contribution is -2.14. The molecule has 0 spiro atoms. The maximum atomic E-state index is 5.87. The Kier molecular flexibility index (Phi) is 2.48. The van der Waals surface area contributed by atoms with Gasteiger partial charge in [0.2, 0.25) is 0 Å². The molecule has 14 heavy (non-hydrogen) atoms. The summed E-state index contributed by atoms with van der Waals surface area (Å²) in [6.45, 7) is 3.64. The van der Waals surface area contributed by atoms with E-state index in [0.717, 1.165) is 30.1 Å². The number of nitrogens with one attached hydrogen (secondary N) is 1. The van der Waals surface area contributed by atoms with Gasteiger partial charge < -0.3 is 15.8 Å². The number of aryl methyl sites for hydroxylation is 1. The number of ether oxygens (including phenoxy) is 1. The smallest absolute Gasteiger partial charge is 0.165 e. The lowest BCUT2D eigenvalue weighted by atomic mass is 10.0. The van der Waals surface area contributed by atoms with Crippen LogP contribution in [0.3, 0.4) is 0 Å². The Morgan fingerprint density at radius 1 is 1.50 bits per heavy atom. The van der Waals surface area contributed by atoms with Gasteiger partial charge in [-0.15, -0.1) is 0 Å². The van der Waals surface area contributed by atoms with E-state index in [1.165, 1.54) is 12.0 Å². The van der Waals surface area contributed by atoms with Crippen molar-refractivity contribution in [1.29, 1.82) is 0 Å². The van der Waals surface area contributed by atoms with Gasteiger partial charge in [-0.3, -0.25) is 0 Å². The quantitative estimate of drug-likeness (QED) is 0.705. The molecule has 1 aliphatic rings. The molecular weight excluding hydrogens is 176 g/mol. The predicted octanol–water partition coefficient (Wildman–Crippen LogP) is 2.03. The Bertz CT molecular complexity index is 336. The molecule has 3 nitrogen and oxygen atoms in total. The molecule has 0 saturated carbocycles. The monoisotopic (exact) mass is 192 g/mol. The number of hydrogen-bond acceptors (Lipinski definition) is 3. The molecule has 0 bridgehead atoms. The first-order chi connectivity index (χ1) is 6.83. The summed E-state index contributed by atoms with van der Waals surface area (Å²) in [6.07, 6.45) is 2.30. The second-order valence-electron chi connectivity index (χ2n) is 3.48. The van der Waals surface area contributed by atoms with E-state index < -0.39 is 0 Å². The average molecular weight is 192 g/mol. The summed E-state index contributed by atoms with van der Waals surface area (Å²) in [5.74, 6) is 0.824. The van der Waals surface area contributed by atoms with E-state index in [2.05, 4.69) is 11.4 Å². The van der Waals surface area contributed by atoms with Crippen molar-refractivity contribution in [1.82, 2.24) is 0 Å². The van der Waals surface area contributed by atoms with E-state index >= 15 is 0 Å². The van der Waals surface area contributed by atoms with Crippen molar-refractivity contribution in [3.63, 3.8) is 0 Å². The van der Waals surface area contributed by atoms with Crippen molar-refractivity contribution < 1.29 is 4.74 Å². The second kappa shape index (κ2) is 3.78. The fourth-order valence-corrected chi connectivity index (χ4v) is 1.83. The Balaban J connectivity index is 2.43. The minimum Gasteiger partial charge on any atom is -0.490 e. The van der Waals surface area contributed by atoms with Gasteiger partial charge in [0, 0.05) is 6.54 Å². The number of nitrogen functional groups attached to an aromatic ring is 1. The number of benzene rings is 1. The van der Waals surface area contributed by atoms with Crippen molar-refractivity contribution in [2.24, 2.45) is 0 Å². The largest absolute Gasteiger partial charge is 0.490 e. The van der Waals surface area contributed by atoms with Crippen molar-refractivity contribution in [2.45, 2.75) is 19.8 Å². The molecule has 0 amide bonds. The summed E-state index contributed by atoms with van der Waals surface area (Å²) in [4.78, 5) is 0. The predicted molar refractivity (Wildman–Crippen MR) is 58.8 cm³/mol. The van der Waals surface area contributed by atoms with Gasteiger partial charge >= 0.3 is 0 Å². The maximum Gasteiger partial charge on any atom is 0.165 e. The first kappa shape index (κ1) is 9.19. The summed E-state index contributed by atoms with van der Waals surface area (Å²) < 4.78 is 5.55. The number of anilines is 2. The molecule has 76 valence electrons. The fraction of sp³-hybridized carbons (Fsp3) is 0.455. The normalized spacial score (nSPS) is 14.4. The summed E-state index contributed by atoms with van der Waals surface area (Å²) in [7, 11) is 0. The first-order valence-corrected chi connectivity index (χ1v) is 5.11. The highest BCUT2D eigenvalue weighted by Gasteiger charge is 2.15. The van der Waals surface area contributed by atoms with E-state index in [-0.39, 0.29) is 0 Å². The van der Waals surface area contributed by atoms with Crippen molar-refractivity contribution in [2.75, 3.05) is 24.2 Å². The summed E-state index contributed by atoms with van der Waals surface area (Å²) in [5.41, 5.74) is 9.00. The molecule has 1 aliphatic heterocycles. The highest BCUT2D eigenvalue weighted by atomic mass is 16.5. The molecule has 0 aliphatic carbocycles. The van der Waals surface area contributed by atoms with Gasteiger partial charge in [-0.2, -0.15) is 0 Å². The van der Waals surface area contributed by atoms with Crippen LogP contribution in [0.1, 0.15) is 18.9 Å². The molecule has 0 radical (unpaired) electrons. The van der Waals surface area contributed by atoms with Crippen LogP contribution in [0.4, 0.5) is 11.4 Å². The van der Waals surface area contributed by atoms with Gasteiger partial charge in [0.1, 0.15) is 0 Å². The molecular formula is C11H16N2O. The topological polar surface area (TPSA) is 47.3 Å². The molecule has 0 unspecified atom stereocenters. The molecule has 1 aromatic carbocycles. The van der Waals surface area contributed by atoms with Crippen LogP contribution in [0.2, 0.25) is 0 Å². The van der Waals surface area contributed by atoms with Crippen LogP contribution in [0.15, 0.2) is 12.1 Å². The van der Waals surface area contributed by atoms with Gasteiger partial charge in [0.15, 0.2) is 5.75 Å². The van der Waals surface area contributed by atoms with Crippen LogP contribution in [-0.2, 0) is 6.42 Å². The third kappa shape index (κ3) is 1.50. The zero-order valence-electron chi connectivity index (χ0n) is 8.47. The number of rotatable bonds is 2. The summed E-state index contributed by atoms with van der Waals surface area (Å²) >= 11 is 0. The molecule has 0 atom stereocenters. The molecule has 2 rings (SSSR count). The first-order valence-electron chi connectivity index (χ1n) is 5.11. The molecule has 0 fully saturated rings. The Labute approximate surface area is 84.3 Å².